The minimum Gasteiger partial charge on any atom is -0.350 e. The molecule has 5 nitrogen and oxygen atoms in total. The molecule has 0 saturated carbocycles. The van der Waals surface area contributed by atoms with E-state index in [9.17, 15) is 13.2 Å². The van der Waals surface area contributed by atoms with Crippen molar-refractivity contribution in [1.82, 2.24) is 9.62 Å². The normalized spacial score (nSPS) is 11.7. The molecule has 3 rings (SSSR count). The van der Waals surface area contributed by atoms with Crippen LogP contribution < -0.4 is 5.32 Å². The second-order valence-electron chi connectivity index (χ2n) is 5.48. The summed E-state index contributed by atoms with van der Waals surface area (Å²) in [5.74, 6) is -0.362. The molecule has 9 heteroatoms. The minimum absolute atomic E-state index is 0.0877. The van der Waals surface area contributed by atoms with E-state index in [-0.39, 0.29) is 18.2 Å². The van der Waals surface area contributed by atoms with E-state index in [0.717, 1.165) is 9.75 Å². The summed E-state index contributed by atoms with van der Waals surface area (Å²) in [5, 5.41) is 8.37. The maximum absolute atomic E-state index is 12.8. The molecule has 138 valence electrons. The van der Waals surface area contributed by atoms with Gasteiger partial charge in [0, 0.05) is 29.4 Å². The molecule has 0 bridgehead atoms. The molecule has 0 aliphatic heterocycles. The van der Waals surface area contributed by atoms with Crippen molar-refractivity contribution in [2.75, 3.05) is 12.3 Å². The Hall–Kier alpha value is -1.52. The molecule has 0 atom stereocenters. The first-order valence-electron chi connectivity index (χ1n) is 7.89. The lowest BCUT2D eigenvalue weighted by atomic mass is 10.4. The van der Waals surface area contributed by atoms with Gasteiger partial charge in [0.2, 0.25) is 10.0 Å². The summed E-state index contributed by atoms with van der Waals surface area (Å²) in [4.78, 5) is 14.5. The van der Waals surface area contributed by atoms with Crippen LogP contribution in [0.1, 0.15) is 19.4 Å². The summed E-state index contributed by atoms with van der Waals surface area (Å²) >= 11 is 4.40. The van der Waals surface area contributed by atoms with Crippen LogP contribution in [-0.4, -0.2) is 30.9 Å². The van der Waals surface area contributed by atoms with Gasteiger partial charge in [-0.1, -0.05) is 18.2 Å². The van der Waals surface area contributed by atoms with Crippen molar-refractivity contribution in [3.63, 3.8) is 0 Å². The Morgan fingerprint density at radius 3 is 2.00 bits per heavy atom. The molecular formula is C17H18N2O3S4. The predicted octanol–water partition coefficient (Wildman–Crippen LogP) is 3.63. The van der Waals surface area contributed by atoms with Crippen LogP contribution in [0, 0.1) is 0 Å². The Morgan fingerprint density at radius 2 is 1.50 bits per heavy atom. The van der Waals surface area contributed by atoms with Gasteiger partial charge in [-0.05, 0) is 34.3 Å². The Balaban J connectivity index is 1.64. The number of hydrogen-bond donors (Lipinski definition) is 1. The van der Waals surface area contributed by atoms with Crippen LogP contribution >= 0.6 is 34.0 Å². The highest BCUT2D eigenvalue weighted by Gasteiger charge is 2.23. The highest BCUT2D eigenvalue weighted by Crippen LogP contribution is 2.20. The highest BCUT2D eigenvalue weighted by molar-refractivity contribution is 7.89. The summed E-state index contributed by atoms with van der Waals surface area (Å²) in [5.41, 5.74) is 0. The number of carbonyl (C=O) groups excluding carboxylic acids is 1. The second-order valence-corrected chi connectivity index (χ2v) is 10.6. The van der Waals surface area contributed by atoms with Crippen molar-refractivity contribution < 1.29 is 13.2 Å². The number of rotatable bonds is 9. The van der Waals surface area contributed by atoms with E-state index in [4.69, 9.17) is 0 Å². The van der Waals surface area contributed by atoms with Crippen molar-refractivity contribution in [2.45, 2.75) is 13.1 Å². The van der Waals surface area contributed by atoms with E-state index in [1.165, 1.54) is 38.3 Å². The Labute approximate surface area is 165 Å². The zero-order chi connectivity index (χ0) is 18.4. The predicted molar refractivity (Wildman–Crippen MR) is 108 cm³/mol. The van der Waals surface area contributed by atoms with E-state index >= 15 is 0 Å². The van der Waals surface area contributed by atoms with Crippen LogP contribution in [0.4, 0.5) is 0 Å². The van der Waals surface area contributed by atoms with Crippen molar-refractivity contribution in [3.8, 4) is 0 Å². The average molecular weight is 427 g/mol. The molecule has 3 aromatic rings. The molecule has 26 heavy (non-hydrogen) atoms. The van der Waals surface area contributed by atoms with Gasteiger partial charge in [0.25, 0.3) is 5.91 Å². The minimum atomic E-state index is -3.50. The molecule has 0 aromatic carbocycles. The number of nitrogens with one attached hydrogen (secondary N) is 1. The van der Waals surface area contributed by atoms with Crippen LogP contribution in [0.2, 0.25) is 0 Å². The number of amides is 1. The zero-order valence-corrected chi connectivity index (χ0v) is 17.1. The van der Waals surface area contributed by atoms with E-state index in [0.29, 0.717) is 18.0 Å². The van der Waals surface area contributed by atoms with Gasteiger partial charge in [-0.3, -0.25) is 4.79 Å². The number of sulfonamides is 1. The Kier molecular flexibility index (Phi) is 6.60. The first kappa shape index (κ1) is 19.2. The smallest absolute Gasteiger partial charge is 0.261 e. The fourth-order valence-electron chi connectivity index (χ4n) is 2.32. The maximum Gasteiger partial charge on any atom is 0.261 e. The molecule has 0 saturated heterocycles. The molecule has 3 heterocycles. The van der Waals surface area contributed by atoms with Crippen LogP contribution in [0.15, 0.2) is 52.5 Å². The molecule has 0 aliphatic carbocycles. The Bertz CT molecular complexity index is 865. The van der Waals surface area contributed by atoms with Gasteiger partial charge < -0.3 is 5.32 Å². The fraction of sp³-hybridized carbons (Fsp3) is 0.235. The first-order valence-corrected chi connectivity index (χ1v) is 12.1. The highest BCUT2D eigenvalue weighted by atomic mass is 32.2. The van der Waals surface area contributed by atoms with Crippen LogP contribution in [-0.2, 0) is 23.1 Å². The summed E-state index contributed by atoms with van der Waals surface area (Å²) in [6.45, 7) is 0.776. The number of nitrogens with zero attached hydrogens (tertiary/aromatic N) is 1. The van der Waals surface area contributed by atoms with Crippen molar-refractivity contribution in [1.29, 1.82) is 0 Å². The molecule has 0 aliphatic rings. The van der Waals surface area contributed by atoms with Gasteiger partial charge in [-0.2, -0.15) is 4.31 Å². The monoisotopic (exact) mass is 426 g/mol. The topological polar surface area (TPSA) is 66.5 Å². The molecule has 1 amide bonds. The van der Waals surface area contributed by atoms with Crippen molar-refractivity contribution in [2.24, 2.45) is 0 Å². The maximum atomic E-state index is 12.8. The lowest BCUT2D eigenvalue weighted by Crippen LogP contribution is -2.36. The lowest BCUT2D eigenvalue weighted by molar-refractivity contribution is 0.0960. The van der Waals surface area contributed by atoms with Gasteiger partial charge in [-0.25, -0.2) is 8.42 Å². The second kappa shape index (κ2) is 8.92. The summed E-state index contributed by atoms with van der Waals surface area (Å²) in [6.07, 6.45) is 0. The van der Waals surface area contributed by atoms with E-state index < -0.39 is 10.0 Å². The van der Waals surface area contributed by atoms with Gasteiger partial charge >= 0.3 is 0 Å². The molecule has 0 unspecified atom stereocenters. The number of hydrogen-bond acceptors (Lipinski definition) is 6. The largest absolute Gasteiger partial charge is 0.350 e. The molecule has 0 radical (unpaired) electrons. The first-order chi connectivity index (χ1) is 12.5. The molecule has 3 aromatic heterocycles. The summed E-state index contributed by atoms with van der Waals surface area (Å²) < 4.78 is 27.2. The Morgan fingerprint density at radius 1 is 0.923 bits per heavy atom. The SMILES string of the molecule is O=C(NCCS(=O)(=O)N(Cc1cccs1)Cc1cccs1)c1cccs1. The van der Waals surface area contributed by atoms with E-state index in [1.807, 2.05) is 40.4 Å². The van der Waals surface area contributed by atoms with Gasteiger partial charge in [0.15, 0.2) is 0 Å². The van der Waals surface area contributed by atoms with Crippen molar-refractivity contribution >= 4 is 49.9 Å². The molecule has 1 N–H and O–H groups in total. The standard InChI is InChI=1S/C17H18N2O3S4/c20-17(16-6-3-10-25-16)18-7-11-26(21,22)19(12-14-4-1-8-23-14)13-15-5-2-9-24-15/h1-6,8-10H,7,11-13H2,(H,18,20). The van der Waals surface area contributed by atoms with E-state index in [1.54, 1.807) is 12.1 Å². The quantitative estimate of drug-likeness (QED) is 0.568. The van der Waals surface area contributed by atoms with Gasteiger partial charge in [0.05, 0.1) is 10.6 Å². The summed E-state index contributed by atoms with van der Waals surface area (Å²) in [6, 6.07) is 11.2. The average Bonchev–Trinajstić information content (AvgIpc) is 3.37. The lowest BCUT2D eigenvalue weighted by Gasteiger charge is -2.21. The van der Waals surface area contributed by atoms with Gasteiger partial charge in [0.1, 0.15) is 0 Å². The third-order valence-electron chi connectivity index (χ3n) is 3.61. The molecule has 0 fully saturated rings. The number of thiophene rings is 3. The van der Waals surface area contributed by atoms with Crippen LogP contribution in [0.5, 0.6) is 0 Å². The van der Waals surface area contributed by atoms with Crippen LogP contribution in [0.25, 0.3) is 0 Å². The summed E-state index contributed by atoms with van der Waals surface area (Å²) in [7, 11) is -3.50. The van der Waals surface area contributed by atoms with Crippen LogP contribution in [0.3, 0.4) is 0 Å². The fourth-order valence-corrected chi connectivity index (χ4v) is 5.85. The zero-order valence-electron chi connectivity index (χ0n) is 13.8. The third-order valence-corrected chi connectivity index (χ3v) is 7.96. The van der Waals surface area contributed by atoms with Crippen molar-refractivity contribution in [3.05, 3.63) is 67.2 Å². The third kappa shape index (κ3) is 5.24. The molecule has 0 spiro atoms. The molecular weight excluding hydrogens is 408 g/mol. The van der Waals surface area contributed by atoms with Gasteiger partial charge in [-0.15, -0.1) is 34.0 Å². The van der Waals surface area contributed by atoms with E-state index in [2.05, 4.69) is 5.32 Å². The number of carbonyl (C=O) groups is 1.